The molecule has 0 radical (unpaired) electrons. The molecule has 1 aromatic carbocycles. The van der Waals surface area contributed by atoms with Crippen molar-refractivity contribution >= 4 is 17.5 Å². The Morgan fingerprint density at radius 1 is 1.21 bits per heavy atom. The van der Waals surface area contributed by atoms with Crippen molar-refractivity contribution in [3.63, 3.8) is 0 Å². The molecule has 3 rings (SSSR count). The third kappa shape index (κ3) is 3.93. The number of amides is 1. The van der Waals surface area contributed by atoms with Gasteiger partial charge in [0.1, 0.15) is 0 Å². The first-order valence-electron chi connectivity index (χ1n) is 8.93. The highest BCUT2D eigenvalue weighted by Gasteiger charge is 2.30. The van der Waals surface area contributed by atoms with Gasteiger partial charge in [-0.1, -0.05) is 17.7 Å². The average molecular weight is 351 g/mol. The molecule has 24 heavy (non-hydrogen) atoms. The van der Waals surface area contributed by atoms with Crippen molar-refractivity contribution in [1.82, 2.24) is 9.80 Å². The number of carbonyl (C=O) groups excluding carboxylic acids is 1. The smallest absolute Gasteiger partial charge is 0.254 e. The summed E-state index contributed by atoms with van der Waals surface area (Å²) in [7, 11) is 0. The van der Waals surface area contributed by atoms with E-state index >= 15 is 0 Å². The van der Waals surface area contributed by atoms with Crippen LogP contribution in [0.2, 0.25) is 5.02 Å². The van der Waals surface area contributed by atoms with Gasteiger partial charge >= 0.3 is 0 Å². The van der Waals surface area contributed by atoms with Crippen molar-refractivity contribution < 1.29 is 9.53 Å². The number of hydrogen-bond acceptors (Lipinski definition) is 3. The van der Waals surface area contributed by atoms with Gasteiger partial charge in [-0.25, -0.2) is 0 Å². The van der Waals surface area contributed by atoms with Gasteiger partial charge in [-0.05, 0) is 50.3 Å². The number of hydrogen-bond donors (Lipinski definition) is 0. The van der Waals surface area contributed by atoms with Gasteiger partial charge in [-0.15, -0.1) is 0 Å². The van der Waals surface area contributed by atoms with Crippen molar-refractivity contribution in [1.29, 1.82) is 0 Å². The maximum Gasteiger partial charge on any atom is 0.254 e. The van der Waals surface area contributed by atoms with Gasteiger partial charge in [0.15, 0.2) is 0 Å². The lowest BCUT2D eigenvalue weighted by atomic mass is 9.89. The molecule has 2 aliphatic heterocycles. The Bertz CT molecular complexity index is 579. The lowest BCUT2D eigenvalue weighted by Gasteiger charge is -2.41. The molecule has 1 atom stereocenters. The maximum absolute atomic E-state index is 12.8. The molecule has 0 bridgehead atoms. The SMILES string of the molecule is Cc1ccc(Cl)cc1C(=O)N1CCC([C@@H](C)N2CCOCC2)CC1. The molecule has 5 heteroatoms. The minimum atomic E-state index is 0.118. The van der Waals surface area contributed by atoms with E-state index in [2.05, 4.69) is 11.8 Å². The predicted octanol–water partition coefficient (Wildman–Crippen LogP) is 3.22. The largest absolute Gasteiger partial charge is 0.379 e. The predicted molar refractivity (Wildman–Crippen MR) is 96.7 cm³/mol. The Morgan fingerprint density at radius 3 is 2.54 bits per heavy atom. The van der Waals surface area contributed by atoms with E-state index in [0.717, 1.165) is 63.4 Å². The number of halogens is 1. The summed E-state index contributed by atoms with van der Waals surface area (Å²) in [6.45, 7) is 9.72. The number of likely N-dealkylation sites (tertiary alicyclic amines) is 1. The summed E-state index contributed by atoms with van der Waals surface area (Å²) in [5.74, 6) is 0.778. The van der Waals surface area contributed by atoms with E-state index in [9.17, 15) is 4.79 Å². The van der Waals surface area contributed by atoms with Crippen LogP contribution < -0.4 is 0 Å². The van der Waals surface area contributed by atoms with E-state index in [1.807, 2.05) is 24.0 Å². The van der Waals surface area contributed by atoms with Gasteiger partial charge in [-0.3, -0.25) is 9.69 Å². The van der Waals surface area contributed by atoms with Crippen LogP contribution in [-0.2, 0) is 4.74 Å². The zero-order valence-corrected chi connectivity index (χ0v) is 15.4. The van der Waals surface area contributed by atoms with Crippen LogP contribution >= 0.6 is 11.6 Å². The summed E-state index contributed by atoms with van der Waals surface area (Å²) in [5.41, 5.74) is 1.73. The van der Waals surface area contributed by atoms with Gasteiger partial charge < -0.3 is 9.64 Å². The Kier molecular flexibility index (Phi) is 5.80. The first kappa shape index (κ1) is 17.7. The molecule has 2 saturated heterocycles. The number of rotatable bonds is 3. The van der Waals surface area contributed by atoms with Crippen LogP contribution in [0.25, 0.3) is 0 Å². The first-order chi connectivity index (χ1) is 11.6. The summed E-state index contributed by atoms with van der Waals surface area (Å²) in [6, 6.07) is 6.12. The molecule has 0 aromatic heterocycles. The molecule has 0 N–H and O–H groups in total. The Morgan fingerprint density at radius 2 is 1.88 bits per heavy atom. The van der Waals surface area contributed by atoms with Crippen LogP contribution in [0, 0.1) is 12.8 Å². The zero-order valence-electron chi connectivity index (χ0n) is 14.6. The Labute approximate surface area is 149 Å². The highest BCUT2D eigenvalue weighted by Crippen LogP contribution is 2.26. The number of aryl methyl sites for hydroxylation is 1. The quantitative estimate of drug-likeness (QED) is 0.839. The number of carbonyl (C=O) groups is 1. The van der Waals surface area contributed by atoms with Gasteiger partial charge in [0, 0.05) is 42.8 Å². The third-order valence-electron chi connectivity index (χ3n) is 5.56. The molecule has 0 aliphatic carbocycles. The Balaban J connectivity index is 1.58. The molecule has 4 nitrogen and oxygen atoms in total. The van der Waals surface area contributed by atoms with Crippen molar-refractivity contribution in [3.05, 3.63) is 34.3 Å². The fraction of sp³-hybridized carbons (Fsp3) is 0.632. The first-order valence-corrected chi connectivity index (χ1v) is 9.31. The molecular formula is C19H27ClN2O2. The minimum absolute atomic E-state index is 0.118. The van der Waals surface area contributed by atoms with Gasteiger partial charge in [0.2, 0.25) is 0 Å². The van der Waals surface area contributed by atoms with Gasteiger partial charge in [-0.2, -0.15) is 0 Å². The molecule has 0 unspecified atom stereocenters. The highest BCUT2D eigenvalue weighted by atomic mass is 35.5. The lowest BCUT2D eigenvalue weighted by molar-refractivity contribution is -0.000954. The summed E-state index contributed by atoms with van der Waals surface area (Å²) in [5, 5.41) is 0.625. The summed E-state index contributed by atoms with van der Waals surface area (Å²) >= 11 is 6.06. The molecule has 1 amide bonds. The molecule has 2 fully saturated rings. The molecule has 0 saturated carbocycles. The van der Waals surface area contributed by atoms with E-state index in [4.69, 9.17) is 16.3 Å². The van der Waals surface area contributed by atoms with Crippen LogP contribution in [0.15, 0.2) is 18.2 Å². The van der Waals surface area contributed by atoms with Crippen molar-refractivity contribution in [2.24, 2.45) is 5.92 Å². The normalized spacial score (nSPS) is 21.7. The van der Waals surface area contributed by atoms with Crippen LogP contribution in [0.3, 0.4) is 0 Å². The van der Waals surface area contributed by atoms with Crippen molar-refractivity contribution in [3.8, 4) is 0 Å². The Hall–Kier alpha value is -1.10. The summed E-state index contributed by atoms with van der Waals surface area (Å²) in [4.78, 5) is 17.3. The van der Waals surface area contributed by atoms with Crippen LogP contribution in [0.1, 0.15) is 35.7 Å². The fourth-order valence-electron chi connectivity index (χ4n) is 3.86. The fourth-order valence-corrected chi connectivity index (χ4v) is 4.03. The second kappa shape index (κ2) is 7.85. The lowest BCUT2D eigenvalue weighted by Crippen LogP contribution is -2.49. The van der Waals surface area contributed by atoms with E-state index < -0.39 is 0 Å². The zero-order chi connectivity index (χ0) is 17.1. The highest BCUT2D eigenvalue weighted by molar-refractivity contribution is 6.31. The molecule has 0 spiro atoms. The second-order valence-electron chi connectivity index (χ2n) is 6.98. The number of ether oxygens (including phenoxy) is 1. The van der Waals surface area contributed by atoms with Gasteiger partial charge in [0.25, 0.3) is 5.91 Å². The topological polar surface area (TPSA) is 32.8 Å². The number of piperidine rings is 1. The van der Waals surface area contributed by atoms with Gasteiger partial charge in [0.05, 0.1) is 13.2 Å². The molecule has 2 aliphatic rings. The van der Waals surface area contributed by atoms with Crippen LogP contribution in [0.4, 0.5) is 0 Å². The summed E-state index contributed by atoms with van der Waals surface area (Å²) in [6.07, 6.45) is 2.15. The molecule has 2 heterocycles. The molecule has 1 aromatic rings. The maximum atomic E-state index is 12.8. The second-order valence-corrected chi connectivity index (χ2v) is 7.41. The molecule has 132 valence electrons. The minimum Gasteiger partial charge on any atom is -0.379 e. The molecular weight excluding hydrogens is 324 g/mol. The van der Waals surface area contributed by atoms with Crippen molar-refractivity contribution in [2.75, 3.05) is 39.4 Å². The van der Waals surface area contributed by atoms with Crippen molar-refractivity contribution in [2.45, 2.75) is 32.7 Å². The van der Waals surface area contributed by atoms with Crippen LogP contribution in [0.5, 0.6) is 0 Å². The number of morpholine rings is 1. The van der Waals surface area contributed by atoms with E-state index in [-0.39, 0.29) is 5.91 Å². The number of benzene rings is 1. The van der Waals surface area contributed by atoms with E-state index in [0.29, 0.717) is 17.0 Å². The van der Waals surface area contributed by atoms with E-state index in [1.165, 1.54) is 0 Å². The monoisotopic (exact) mass is 350 g/mol. The summed E-state index contributed by atoms with van der Waals surface area (Å²) < 4.78 is 5.45. The van der Waals surface area contributed by atoms with E-state index in [1.54, 1.807) is 6.07 Å². The third-order valence-corrected chi connectivity index (χ3v) is 5.80. The average Bonchev–Trinajstić information content (AvgIpc) is 2.63. The number of nitrogens with zero attached hydrogens (tertiary/aromatic N) is 2. The standard InChI is InChI=1S/C19H27ClN2O2/c1-14-3-4-17(20)13-18(14)19(23)22-7-5-16(6-8-22)15(2)21-9-11-24-12-10-21/h3-4,13,15-16H,5-12H2,1-2H3/t15-/m1/s1. The van der Waals surface area contributed by atoms with Crippen LogP contribution in [-0.4, -0.2) is 61.1 Å².